The maximum absolute atomic E-state index is 11.7. The first kappa shape index (κ1) is 13.3. The molecule has 2 rings (SSSR count). The van der Waals surface area contributed by atoms with Crippen LogP contribution in [0.5, 0.6) is 0 Å². The first-order valence-corrected chi connectivity index (χ1v) is 6.28. The number of hydrogen-bond acceptors (Lipinski definition) is 6. The minimum Gasteiger partial charge on any atom is -0.358 e. The van der Waals surface area contributed by atoms with Gasteiger partial charge in [0.15, 0.2) is 0 Å². The third-order valence-electron chi connectivity index (χ3n) is 2.86. The number of nitrogens with zero attached hydrogens (tertiary/aromatic N) is 2. The molecule has 102 valence electrons. The Bertz CT molecular complexity index is 503. The SMILES string of the molecule is CCNc1ncc(C)c(NC2CCC(=O)NC2=O)n1. The van der Waals surface area contributed by atoms with Gasteiger partial charge in [0.1, 0.15) is 11.9 Å². The van der Waals surface area contributed by atoms with Crippen molar-refractivity contribution in [2.75, 3.05) is 17.2 Å². The fraction of sp³-hybridized carbons (Fsp3) is 0.500. The number of aromatic nitrogens is 2. The Labute approximate surface area is 111 Å². The maximum atomic E-state index is 11.7. The fourth-order valence-corrected chi connectivity index (χ4v) is 1.83. The molecule has 2 amide bonds. The highest BCUT2D eigenvalue weighted by Gasteiger charge is 2.27. The normalized spacial score (nSPS) is 18.9. The first-order valence-electron chi connectivity index (χ1n) is 6.28. The largest absolute Gasteiger partial charge is 0.358 e. The Balaban J connectivity index is 2.11. The van der Waals surface area contributed by atoms with Crippen LogP contribution in [0.2, 0.25) is 0 Å². The molecule has 1 fully saturated rings. The average molecular weight is 263 g/mol. The molecule has 1 aromatic rings. The van der Waals surface area contributed by atoms with E-state index in [0.717, 1.165) is 12.1 Å². The number of aryl methyl sites for hydroxylation is 1. The fourth-order valence-electron chi connectivity index (χ4n) is 1.83. The molecule has 7 nitrogen and oxygen atoms in total. The Morgan fingerprint density at radius 3 is 2.95 bits per heavy atom. The lowest BCUT2D eigenvalue weighted by Gasteiger charge is -2.23. The van der Waals surface area contributed by atoms with Gasteiger partial charge < -0.3 is 10.6 Å². The van der Waals surface area contributed by atoms with E-state index in [2.05, 4.69) is 25.9 Å². The molecular weight excluding hydrogens is 246 g/mol. The summed E-state index contributed by atoms with van der Waals surface area (Å²) in [5.74, 6) is 0.596. The highest BCUT2D eigenvalue weighted by Crippen LogP contribution is 2.16. The summed E-state index contributed by atoms with van der Waals surface area (Å²) in [5, 5.41) is 8.39. The van der Waals surface area contributed by atoms with E-state index >= 15 is 0 Å². The van der Waals surface area contributed by atoms with Crippen molar-refractivity contribution in [3.8, 4) is 0 Å². The lowest BCUT2D eigenvalue weighted by Crippen LogP contribution is -2.47. The third kappa shape index (κ3) is 3.18. The van der Waals surface area contributed by atoms with Crippen molar-refractivity contribution in [1.82, 2.24) is 15.3 Å². The van der Waals surface area contributed by atoms with Crippen molar-refractivity contribution in [3.05, 3.63) is 11.8 Å². The number of amides is 2. The van der Waals surface area contributed by atoms with E-state index in [1.165, 1.54) is 0 Å². The predicted molar refractivity (Wildman–Crippen MR) is 70.7 cm³/mol. The minimum absolute atomic E-state index is 0.226. The summed E-state index contributed by atoms with van der Waals surface area (Å²) in [7, 11) is 0. The van der Waals surface area contributed by atoms with Gasteiger partial charge in [-0.3, -0.25) is 14.9 Å². The summed E-state index contributed by atoms with van der Waals surface area (Å²) in [6.07, 6.45) is 2.51. The van der Waals surface area contributed by atoms with Gasteiger partial charge in [0.05, 0.1) is 0 Å². The van der Waals surface area contributed by atoms with Gasteiger partial charge in [-0.05, 0) is 20.3 Å². The van der Waals surface area contributed by atoms with Gasteiger partial charge in [0, 0.05) is 24.7 Å². The van der Waals surface area contributed by atoms with Gasteiger partial charge in [-0.1, -0.05) is 0 Å². The Kier molecular flexibility index (Phi) is 3.94. The monoisotopic (exact) mass is 263 g/mol. The second-order valence-corrected chi connectivity index (χ2v) is 4.40. The zero-order chi connectivity index (χ0) is 13.8. The Hall–Kier alpha value is -2.18. The minimum atomic E-state index is -0.430. The smallest absolute Gasteiger partial charge is 0.249 e. The van der Waals surface area contributed by atoms with Crippen LogP contribution >= 0.6 is 0 Å². The van der Waals surface area contributed by atoms with Crippen LogP contribution in [0.3, 0.4) is 0 Å². The van der Waals surface area contributed by atoms with Gasteiger partial charge in [-0.2, -0.15) is 4.98 Å². The lowest BCUT2D eigenvalue weighted by atomic mass is 10.1. The molecule has 3 N–H and O–H groups in total. The topological polar surface area (TPSA) is 96.0 Å². The summed E-state index contributed by atoms with van der Waals surface area (Å²) in [5.41, 5.74) is 0.853. The highest BCUT2D eigenvalue weighted by molar-refractivity contribution is 6.01. The van der Waals surface area contributed by atoms with Gasteiger partial charge in [-0.15, -0.1) is 0 Å². The summed E-state index contributed by atoms with van der Waals surface area (Å²) < 4.78 is 0. The third-order valence-corrected chi connectivity index (χ3v) is 2.86. The molecule has 0 saturated carbocycles. The molecule has 1 aliphatic heterocycles. The standard InChI is InChI=1S/C12H17N5O2/c1-3-13-12-14-6-7(2)10(17-12)15-8-4-5-9(18)16-11(8)19/h6,8H,3-5H2,1-2H3,(H,16,18,19)(H2,13,14,15,17). The van der Waals surface area contributed by atoms with Crippen molar-refractivity contribution in [3.63, 3.8) is 0 Å². The van der Waals surface area contributed by atoms with E-state index in [1.807, 2.05) is 13.8 Å². The molecule has 0 radical (unpaired) electrons. The molecule has 1 aliphatic rings. The van der Waals surface area contributed by atoms with Gasteiger partial charge in [-0.25, -0.2) is 4.98 Å². The van der Waals surface area contributed by atoms with E-state index in [-0.39, 0.29) is 11.8 Å². The number of nitrogens with one attached hydrogen (secondary N) is 3. The van der Waals surface area contributed by atoms with Crippen LogP contribution in [0.1, 0.15) is 25.3 Å². The summed E-state index contributed by atoms with van der Waals surface area (Å²) in [6, 6.07) is -0.430. The Morgan fingerprint density at radius 1 is 1.47 bits per heavy atom. The molecule has 0 aliphatic carbocycles. The zero-order valence-electron chi connectivity index (χ0n) is 11.0. The first-order chi connectivity index (χ1) is 9.10. The number of hydrogen-bond donors (Lipinski definition) is 3. The van der Waals surface area contributed by atoms with Crippen LogP contribution in [0, 0.1) is 6.92 Å². The van der Waals surface area contributed by atoms with Crippen molar-refractivity contribution >= 4 is 23.6 Å². The molecule has 1 aromatic heterocycles. The molecule has 0 spiro atoms. The molecular formula is C12H17N5O2. The van der Waals surface area contributed by atoms with Gasteiger partial charge in [0.25, 0.3) is 0 Å². The van der Waals surface area contributed by atoms with Crippen LogP contribution in [0.25, 0.3) is 0 Å². The number of carbonyl (C=O) groups excluding carboxylic acids is 2. The highest BCUT2D eigenvalue weighted by atomic mass is 16.2. The van der Waals surface area contributed by atoms with Crippen LogP contribution in [0.4, 0.5) is 11.8 Å². The van der Waals surface area contributed by atoms with E-state index in [9.17, 15) is 9.59 Å². The quantitative estimate of drug-likeness (QED) is 0.682. The van der Waals surface area contributed by atoms with Crippen LogP contribution < -0.4 is 16.0 Å². The predicted octanol–water partition coefficient (Wildman–Crippen LogP) is 0.434. The Morgan fingerprint density at radius 2 is 2.26 bits per heavy atom. The molecule has 0 bridgehead atoms. The van der Waals surface area contributed by atoms with Crippen LogP contribution in [-0.4, -0.2) is 34.4 Å². The molecule has 2 heterocycles. The lowest BCUT2D eigenvalue weighted by molar-refractivity contribution is -0.133. The van der Waals surface area contributed by atoms with Crippen molar-refractivity contribution < 1.29 is 9.59 Å². The van der Waals surface area contributed by atoms with E-state index in [4.69, 9.17) is 0 Å². The van der Waals surface area contributed by atoms with E-state index in [0.29, 0.717) is 24.6 Å². The second kappa shape index (κ2) is 5.64. The maximum Gasteiger partial charge on any atom is 0.249 e. The van der Waals surface area contributed by atoms with Gasteiger partial charge in [0.2, 0.25) is 17.8 Å². The van der Waals surface area contributed by atoms with E-state index < -0.39 is 6.04 Å². The number of carbonyl (C=O) groups is 2. The molecule has 1 saturated heterocycles. The molecule has 1 unspecified atom stereocenters. The second-order valence-electron chi connectivity index (χ2n) is 4.40. The summed E-state index contributed by atoms with van der Waals surface area (Å²) >= 11 is 0. The zero-order valence-corrected chi connectivity index (χ0v) is 11.0. The number of imide groups is 1. The van der Waals surface area contributed by atoms with Crippen LogP contribution in [0.15, 0.2) is 6.20 Å². The van der Waals surface area contributed by atoms with Gasteiger partial charge >= 0.3 is 0 Å². The van der Waals surface area contributed by atoms with Crippen molar-refractivity contribution in [2.45, 2.75) is 32.7 Å². The van der Waals surface area contributed by atoms with Crippen molar-refractivity contribution in [1.29, 1.82) is 0 Å². The number of piperidine rings is 1. The summed E-state index contributed by atoms with van der Waals surface area (Å²) in [6.45, 7) is 4.54. The van der Waals surface area contributed by atoms with E-state index in [1.54, 1.807) is 6.20 Å². The summed E-state index contributed by atoms with van der Waals surface area (Å²) in [4.78, 5) is 31.2. The molecule has 0 aromatic carbocycles. The van der Waals surface area contributed by atoms with Crippen LogP contribution in [-0.2, 0) is 9.59 Å². The average Bonchev–Trinajstić information content (AvgIpc) is 2.37. The molecule has 19 heavy (non-hydrogen) atoms. The molecule has 7 heteroatoms. The molecule has 1 atom stereocenters. The number of anilines is 2. The van der Waals surface area contributed by atoms with Crippen molar-refractivity contribution in [2.24, 2.45) is 0 Å². The number of rotatable bonds is 4.